The fourth-order valence-electron chi connectivity index (χ4n) is 3.15. The van der Waals surface area contributed by atoms with Crippen LogP contribution in [-0.4, -0.2) is 16.9 Å². The summed E-state index contributed by atoms with van der Waals surface area (Å²) in [5.41, 5.74) is 8.23. The maximum atomic E-state index is 13.5. The molecule has 0 aromatic heterocycles. The number of carboxylic acids is 1. The Morgan fingerprint density at radius 1 is 1.06 bits per heavy atom. The molecule has 3 aromatic carbocycles. The standard InChI is InChI=1S/C24H23F2N3O3/c1-2-14-4-10-21(32-13-15-3-9-19(25)20(26)12-15)18(11-14)22(24(30)31)29-17-7-5-16(6-8-17)23(27)28/h3-12,22,29H,2,13H2,1H3,(H3,27,28)(H,30,31). The zero-order valence-electron chi connectivity index (χ0n) is 17.4. The minimum atomic E-state index is -1.13. The van der Waals surface area contributed by atoms with Crippen LogP contribution in [0.15, 0.2) is 60.7 Å². The number of nitrogen functional groups attached to an aromatic ring is 1. The van der Waals surface area contributed by atoms with Crippen molar-refractivity contribution in [2.75, 3.05) is 5.32 Å². The molecular weight excluding hydrogens is 416 g/mol. The number of carboxylic acid groups (broad SMARTS) is 1. The number of amidine groups is 1. The summed E-state index contributed by atoms with van der Waals surface area (Å²) in [6.07, 6.45) is 0.691. The molecule has 6 nitrogen and oxygen atoms in total. The lowest BCUT2D eigenvalue weighted by Gasteiger charge is -2.21. The van der Waals surface area contributed by atoms with Crippen LogP contribution in [0.3, 0.4) is 0 Å². The molecule has 0 heterocycles. The number of hydrogen-bond donors (Lipinski definition) is 4. The van der Waals surface area contributed by atoms with Gasteiger partial charge in [0, 0.05) is 16.8 Å². The molecule has 166 valence electrons. The zero-order chi connectivity index (χ0) is 23.3. The minimum Gasteiger partial charge on any atom is -0.489 e. The largest absolute Gasteiger partial charge is 0.489 e. The van der Waals surface area contributed by atoms with Crippen molar-refractivity contribution in [3.05, 3.63) is 94.6 Å². The number of aliphatic carboxylic acids is 1. The number of benzene rings is 3. The number of halogens is 2. The van der Waals surface area contributed by atoms with Gasteiger partial charge in [-0.3, -0.25) is 5.41 Å². The Bertz CT molecular complexity index is 1130. The molecule has 32 heavy (non-hydrogen) atoms. The predicted octanol–water partition coefficient (Wildman–Crippen LogP) is 4.63. The maximum Gasteiger partial charge on any atom is 0.330 e. The van der Waals surface area contributed by atoms with Gasteiger partial charge in [0.2, 0.25) is 0 Å². The lowest BCUT2D eigenvalue weighted by Crippen LogP contribution is -2.22. The molecule has 0 saturated carbocycles. The van der Waals surface area contributed by atoms with E-state index in [1.807, 2.05) is 13.0 Å². The summed E-state index contributed by atoms with van der Waals surface area (Å²) in [5.74, 6) is -2.83. The van der Waals surface area contributed by atoms with Gasteiger partial charge < -0.3 is 20.9 Å². The Morgan fingerprint density at radius 2 is 1.75 bits per heavy atom. The van der Waals surface area contributed by atoms with Crippen LogP contribution < -0.4 is 15.8 Å². The molecule has 1 atom stereocenters. The van der Waals surface area contributed by atoms with Crippen molar-refractivity contribution in [1.29, 1.82) is 5.41 Å². The van der Waals surface area contributed by atoms with Gasteiger partial charge in [-0.1, -0.05) is 19.1 Å². The Balaban J connectivity index is 1.90. The van der Waals surface area contributed by atoms with Gasteiger partial charge in [0.25, 0.3) is 0 Å². The van der Waals surface area contributed by atoms with E-state index in [4.69, 9.17) is 15.9 Å². The number of anilines is 1. The molecule has 0 saturated heterocycles. The number of ether oxygens (including phenoxy) is 1. The third-order valence-electron chi connectivity index (χ3n) is 4.93. The van der Waals surface area contributed by atoms with Gasteiger partial charge in [0.05, 0.1) is 0 Å². The first-order chi connectivity index (χ1) is 15.3. The van der Waals surface area contributed by atoms with Gasteiger partial charge in [-0.25, -0.2) is 13.6 Å². The molecule has 0 radical (unpaired) electrons. The average molecular weight is 439 g/mol. The monoisotopic (exact) mass is 439 g/mol. The van der Waals surface area contributed by atoms with E-state index in [1.54, 1.807) is 36.4 Å². The van der Waals surface area contributed by atoms with E-state index >= 15 is 0 Å². The van der Waals surface area contributed by atoms with E-state index in [0.717, 1.165) is 17.7 Å². The lowest BCUT2D eigenvalue weighted by atomic mass is 10.0. The number of nitrogens with one attached hydrogen (secondary N) is 2. The van der Waals surface area contributed by atoms with Crippen molar-refractivity contribution >= 4 is 17.5 Å². The summed E-state index contributed by atoms with van der Waals surface area (Å²) in [4.78, 5) is 12.1. The van der Waals surface area contributed by atoms with E-state index < -0.39 is 23.6 Å². The van der Waals surface area contributed by atoms with Crippen LogP contribution in [0.25, 0.3) is 0 Å². The summed E-state index contributed by atoms with van der Waals surface area (Å²) in [6, 6.07) is 14.1. The van der Waals surface area contributed by atoms with E-state index in [0.29, 0.717) is 34.5 Å². The minimum absolute atomic E-state index is 0.0602. The molecule has 8 heteroatoms. The highest BCUT2D eigenvalue weighted by Crippen LogP contribution is 2.31. The van der Waals surface area contributed by atoms with E-state index in [2.05, 4.69) is 5.32 Å². The van der Waals surface area contributed by atoms with Crippen molar-refractivity contribution in [3.8, 4) is 5.75 Å². The first-order valence-corrected chi connectivity index (χ1v) is 9.91. The van der Waals surface area contributed by atoms with Gasteiger partial charge in [-0.15, -0.1) is 0 Å². The molecule has 0 fully saturated rings. The molecule has 0 amide bonds. The number of hydrogen-bond acceptors (Lipinski definition) is 4. The van der Waals surface area contributed by atoms with Gasteiger partial charge in [-0.05, 0) is 66.1 Å². The summed E-state index contributed by atoms with van der Waals surface area (Å²) in [7, 11) is 0. The fraction of sp³-hybridized carbons (Fsp3) is 0.167. The van der Waals surface area contributed by atoms with Crippen LogP contribution in [0, 0.1) is 17.0 Å². The number of nitrogens with two attached hydrogens (primary N) is 1. The van der Waals surface area contributed by atoms with Crippen LogP contribution in [0.4, 0.5) is 14.5 Å². The third kappa shape index (κ3) is 5.40. The highest BCUT2D eigenvalue weighted by molar-refractivity contribution is 5.95. The normalized spacial score (nSPS) is 11.6. The molecule has 0 bridgehead atoms. The van der Waals surface area contributed by atoms with Crippen molar-refractivity contribution in [1.82, 2.24) is 0 Å². The molecule has 3 aromatic rings. The summed E-state index contributed by atoms with van der Waals surface area (Å²) in [5, 5.41) is 20.3. The second-order valence-corrected chi connectivity index (χ2v) is 7.17. The van der Waals surface area contributed by atoms with Crippen molar-refractivity contribution < 1.29 is 23.4 Å². The summed E-state index contributed by atoms with van der Waals surface area (Å²) < 4.78 is 32.5. The van der Waals surface area contributed by atoms with E-state index in [-0.39, 0.29) is 12.4 Å². The van der Waals surface area contributed by atoms with E-state index in [1.165, 1.54) is 6.07 Å². The van der Waals surface area contributed by atoms with Gasteiger partial charge in [-0.2, -0.15) is 0 Å². The first-order valence-electron chi connectivity index (χ1n) is 9.91. The summed E-state index contributed by atoms with van der Waals surface area (Å²) >= 11 is 0. The quantitative estimate of drug-likeness (QED) is 0.287. The molecule has 0 aliphatic carbocycles. The van der Waals surface area contributed by atoms with Crippen LogP contribution >= 0.6 is 0 Å². The fourth-order valence-corrected chi connectivity index (χ4v) is 3.15. The molecule has 3 rings (SSSR count). The smallest absolute Gasteiger partial charge is 0.330 e. The number of aryl methyl sites for hydroxylation is 1. The Hall–Kier alpha value is -3.94. The number of carbonyl (C=O) groups is 1. The zero-order valence-corrected chi connectivity index (χ0v) is 17.4. The van der Waals surface area contributed by atoms with Crippen molar-refractivity contribution in [2.45, 2.75) is 26.0 Å². The Morgan fingerprint density at radius 3 is 2.34 bits per heavy atom. The van der Waals surface area contributed by atoms with Crippen LogP contribution in [0.5, 0.6) is 5.75 Å². The van der Waals surface area contributed by atoms with Gasteiger partial charge in [0.1, 0.15) is 18.2 Å². The first kappa shape index (κ1) is 22.7. The molecular formula is C24H23F2N3O3. The second kappa shape index (κ2) is 9.91. The highest BCUT2D eigenvalue weighted by Gasteiger charge is 2.24. The third-order valence-corrected chi connectivity index (χ3v) is 4.93. The van der Waals surface area contributed by atoms with Gasteiger partial charge >= 0.3 is 5.97 Å². The SMILES string of the molecule is CCc1ccc(OCc2ccc(F)c(F)c2)c(C(Nc2ccc(C(=N)N)cc2)C(=O)O)c1. The van der Waals surface area contributed by atoms with Crippen molar-refractivity contribution in [3.63, 3.8) is 0 Å². The maximum absolute atomic E-state index is 13.5. The Kier molecular flexibility index (Phi) is 7.04. The van der Waals surface area contributed by atoms with Crippen LogP contribution in [0.2, 0.25) is 0 Å². The summed E-state index contributed by atoms with van der Waals surface area (Å²) in [6.45, 7) is 1.89. The molecule has 5 N–H and O–H groups in total. The average Bonchev–Trinajstić information content (AvgIpc) is 2.78. The van der Waals surface area contributed by atoms with Crippen LogP contribution in [0.1, 0.15) is 35.2 Å². The lowest BCUT2D eigenvalue weighted by molar-refractivity contribution is -0.138. The second-order valence-electron chi connectivity index (χ2n) is 7.17. The predicted molar refractivity (Wildman–Crippen MR) is 118 cm³/mol. The van der Waals surface area contributed by atoms with Gasteiger partial charge in [0.15, 0.2) is 17.7 Å². The van der Waals surface area contributed by atoms with Crippen molar-refractivity contribution in [2.24, 2.45) is 5.73 Å². The molecule has 0 aliphatic heterocycles. The van der Waals surface area contributed by atoms with E-state index in [9.17, 15) is 18.7 Å². The number of rotatable bonds is 9. The topological polar surface area (TPSA) is 108 Å². The molecule has 0 spiro atoms. The Labute approximate surface area is 184 Å². The molecule has 1 unspecified atom stereocenters. The van der Waals surface area contributed by atoms with Crippen LogP contribution in [-0.2, 0) is 17.8 Å². The highest BCUT2D eigenvalue weighted by atomic mass is 19.2. The molecule has 0 aliphatic rings.